The molecule has 0 aliphatic rings. The highest BCUT2D eigenvalue weighted by atomic mass is 127. The summed E-state index contributed by atoms with van der Waals surface area (Å²) < 4.78 is 10.6. The van der Waals surface area contributed by atoms with Crippen molar-refractivity contribution in [1.29, 1.82) is 0 Å². The van der Waals surface area contributed by atoms with Gasteiger partial charge < -0.3 is 25.2 Å². The summed E-state index contributed by atoms with van der Waals surface area (Å²) in [5.74, 6) is 2.49. The largest absolute Gasteiger partial charge is 0.508 e. The van der Waals surface area contributed by atoms with E-state index >= 15 is 0 Å². The van der Waals surface area contributed by atoms with E-state index in [0.29, 0.717) is 19.0 Å². The molecule has 0 atom stereocenters. The van der Waals surface area contributed by atoms with Crippen molar-refractivity contribution in [2.45, 2.75) is 20.0 Å². The number of benzene rings is 2. The van der Waals surface area contributed by atoms with Crippen LogP contribution < -0.4 is 20.1 Å². The fourth-order valence-electron chi connectivity index (χ4n) is 2.29. The van der Waals surface area contributed by atoms with Crippen LogP contribution in [0.5, 0.6) is 17.2 Å². The van der Waals surface area contributed by atoms with Gasteiger partial charge in [-0.25, -0.2) is 4.99 Å². The molecule has 0 fully saturated rings. The predicted molar refractivity (Wildman–Crippen MR) is 115 cm³/mol. The minimum atomic E-state index is 0. The number of guanidine groups is 1. The molecule has 3 N–H and O–H groups in total. The lowest BCUT2D eigenvalue weighted by Gasteiger charge is -2.14. The van der Waals surface area contributed by atoms with E-state index in [0.717, 1.165) is 29.2 Å². The van der Waals surface area contributed by atoms with Crippen molar-refractivity contribution in [2.24, 2.45) is 4.99 Å². The van der Waals surface area contributed by atoms with E-state index in [9.17, 15) is 5.11 Å². The molecule has 2 aromatic rings. The Balaban J connectivity index is 0.00000338. The van der Waals surface area contributed by atoms with E-state index < -0.39 is 0 Å². The van der Waals surface area contributed by atoms with Crippen LogP contribution in [0.25, 0.3) is 0 Å². The zero-order valence-electron chi connectivity index (χ0n) is 15.3. The Morgan fingerprint density at radius 2 is 1.77 bits per heavy atom. The highest BCUT2D eigenvalue weighted by molar-refractivity contribution is 14.0. The molecular weight excluding hydrogens is 445 g/mol. The topological polar surface area (TPSA) is 75.1 Å². The van der Waals surface area contributed by atoms with Crippen molar-refractivity contribution in [2.75, 3.05) is 20.8 Å². The third kappa shape index (κ3) is 6.62. The third-order valence-corrected chi connectivity index (χ3v) is 3.64. The van der Waals surface area contributed by atoms with Crippen molar-refractivity contribution < 1.29 is 14.6 Å². The normalized spacial score (nSPS) is 10.7. The fourth-order valence-corrected chi connectivity index (χ4v) is 2.29. The number of halogens is 1. The van der Waals surface area contributed by atoms with Crippen molar-refractivity contribution in [3.8, 4) is 17.2 Å². The van der Waals surface area contributed by atoms with Crippen molar-refractivity contribution in [1.82, 2.24) is 10.6 Å². The maximum Gasteiger partial charge on any atom is 0.191 e. The Hall–Kier alpha value is -2.16. The van der Waals surface area contributed by atoms with Gasteiger partial charge in [0, 0.05) is 24.7 Å². The molecule has 0 bridgehead atoms. The number of phenols is 1. The number of hydrogen-bond acceptors (Lipinski definition) is 4. The van der Waals surface area contributed by atoms with Crippen LogP contribution >= 0.6 is 24.0 Å². The SMILES string of the molecule is CCNC(=NCc1ccc(O)cc1)NCc1ccc(OC)cc1OC.I. The van der Waals surface area contributed by atoms with Crippen LogP contribution in [0.15, 0.2) is 47.5 Å². The lowest BCUT2D eigenvalue weighted by molar-refractivity contribution is 0.390. The van der Waals surface area contributed by atoms with Crippen LogP contribution in [0, 0.1) is 0 Å². The molecule has 0 aliphatic carbocycles. The summed E-state index contributed by atoms with van der Waals surface area (Å²) in [4.78, 5) is 4.56. The number of aliphatic imine (C=N–C) groups is 1. The molecule has 0 spiro atoms. The van der Waals surface area contributed by atoms with Gasteiger partial charge in [0.05, 0.1) is 20.8 Å². The number of hydrogen-bond donors (Lipinski definition) is 3. The van der Waals surface area contributed by atoms with Gasteiger partial charge >= 0.3 is 0 Å². The monoisotopic (exact) mass is 471 g/mol. The van der Waals surface area contributed by atoms with Crippen LogP contribution in [0.2, 0.25) is 0 Å². The molecular formula is C19H26IN3O3. The predicted octanol–water partition coefficient (Wildman–Crippen LogP) is 3.28. The summed E-state index contributed by atoms with van der Waals surface area (Å²) in [6.07, 6.45) is 0. The van der Waals surface area contributed by atoms with Gasteiger partial charge in [-0.05, 0) is 36.8 Å². The van der Waals surface area contributed by atoms with Gasteiger partial charge in [-0.15, -0.1) is 24.0 Å². The summed E-state index contributed by atoms with van der Waals surface area (Å²) in [7, 11) is 3.27. The van der Waals surface area contributed by atoms with Crippen LogP contribution in [-0.4, -0.2) is 31.8 Å². The average Bonchev–Trinajstić information content (AvgIpc) is 2.65. The molecule has 2 aromatic carbocycles. The van der Waals surface area contributed by atoms with Gasteiger partial charge in [0.25, 0.3) is 0 Å². The molecule has 0 radical (unpaired) electrons. The first-order chi connectivity index (χ1) is 12.2. The van der Waals surface area contributed by atoms with Crippen molar-refractivity contribution >= 4 is 29.9 Å². The van der Waals surface area contributed by atoms with Gasteiger partial charge in [0.2, 0.25) is 0 Å². The lowest BCUT2D eigenvalue weighted by atomic mass is 10.2. The Morgan fingerprint density at radius 1 is 1.04 bits per heavy atom. The number of nitrogens with one attached hydrogen (secondary N) is 2. The maximum atomic E-state index is 9.33. The number of aromatic hydroxyl groups is 1. The summed E-state index contributed by atoms with van der Waals surface area (Å²) >= 11 is 0. The maximum absolute atomic E-state index is 9.33. The molecule has 0 aliphatic heterocycles. The first-order valence-electron chi connectivity index (χ1n) is 8.17. The van der Waals surface area contributed by atoms with Crippen LogP contribution in [0.4, 0.5) is 0 Å². The van der Waals surface area contributed by atoms with E-state index in [4.69, 9.17) is 9.47 Å². The Morgan fingerprint density at radius 3 is 2.38 bits per heavy atom. The molecule has 26 heavy (non-hydrogen) atoms. The smallest absolute Gasteiger partial charge is 0.191 e. The zero-order valence-corrected chi connectivity index (χ0v) is 17.6. The van der Waals surface area contributed by atoms with Crippen molar-refractivity contribution in [3.05, 3.63) is 53.6 Å². The average molecular weight is 471 g/mol. The summed E-state index contributed by atoms with van der Waals surface area (Å²) in [6, 6.07) is 12.8. The first-order valence-corrected chi connectivity index (χ1v) is 8.17. The van der Waals surface area contributed by atoms with E-state index in [1.165, 1.54) is 0 Å². The fraction of sp³-hybridized carbons (Fsp3) is 0.316. The lowest BCUT2D eigenvalue weighted by Crippen LogP contribution is -2.36. The highest BCUT2D eigenvalue weighted by Crippen LogP contribution is 2.24. The molecule has 2 rings (SSSR count). The van der Waals surface area contributed by atoms with E-state index in [2.05, 4.69) is 15.6 Å². The molecule has 0 aromatic heterocycles. The number of ether oxygens (including phenoxy) is 2. The van der Waals surface area contributed by atoms with Gasteiger partial charge in [0.1, 0.15) is 17.2 Å². The standard InChI is InChI=1S/C19H25N3O3.HI/c1-4-20-19(21-12-14-5-8-16(23)9-6-14)22-13-15-7-10-17(24-2)11-18(15)25-3;/h5-11,23H,4,12-13H2,1-3H3,(H2,20,21,22);1H. The third-order valence-electron chi connectivity index (χ3n) is 3.64. The van der Waals surface area contributed by atoms with Crippen molar-refractivity contribution in [3.63, 3.8) is 0 Å². The van der Waals surface area contributed by atoms with Gasteiger partial charge in [-0.2, -0.15) is 0 Å². The van der Waals surface area contributed by atoms with Crippen LogP contribution in [-0.2, 0) is 13.1 Å². The quantitative estimate of drug-likeness (QED) is 0.329. The highest BCUT2D eigenvalue weighted by Gasteiger charge is 2.06. The molecule has 0 amide bonds. The molecule has 142 valence electrons. The Labute approximate surface area is 171 Å². The first kappa shape index (κ1) is 21.9. The summed E-state index contributed by atoms with van der Waals surface area (Å²) in [5.41, 5.74) is 2.04. The molecule has 7 heteroatoms. The Bertz CT molecular complexity index is 706. The molecule has 0 heterocycles. The molecule has 0 saturated carbocycles. The summed E-state index contributed by atoms with van der Waals surface area (Å²) in [5, 5.41) is 15.9. The second kappa shape index (κ2) is 11.5. The summed E-state index contributed by atoms with van der Waals surface area (Å²) in [6.45, 7) is 3.89. The molecule has 6 nitrogen and oxygen atoms in total. The second-order valence-electron chi connectivity index (χ2n) is 5.39. The number of rotatable bonds is 7. The minimum Gasteiger partial charge on any atom is -0.508 e. The molecule has 0 unspecified atom stereocenters. The number of nitrogens with zero attached hydrogens (tertiary/aromatic N) is 1. The van der Waals surface area contributed by atoms with Gasteiger partial charge in [-0.1, -0.05) is 12.1 Å². The number of methoxy groups -OCH3 is 2. The van der Waals surface area contributed by atoms with E-state index in [1.807, 2.05) is 37.3 Å². The van der Waals surface area contributed by atoms with E-state index in [-0.39, 0.29) is 29.7 Å². The van der Waals surface area contributed by atoms with Crippen LogP contribution in [0.1, 0.15) is 18.1 Å². The Kier molecular flexibility index (Phi) is 9.64. The van der Waals surface area contributed by atoms with Gasteiger partial charge in [0.15, 0.2) is 5.96 Å². The second-order valence-corrected chi connectivity index (χ2v) is 5.39. The minimum absolute atomic E-state index is 0. The van der Waals surface area contributed by atoms with Crippen LogP contribution in [0.3, 0.4) is 0 Å². The molecule has 0 saturated heterocycles. The zero-order chi connectivity index (χ0) is 18.1. The van der Waals surface area contributed by atoms with E-state index in [1.54, 1.807) is 26.4 Å². The van der Waals surface area contributed by atoms with Gasteiger partial charge in [-0.3, -0.25) is 0 Å². The number of phenolic OH excluding ortho intramolecular Hbond substituents is 1.